The summed E-state index contributed by atoms with van der Waals surface area (Å²) in [4.78, 5) is 35.3. The zero-order chi connectivity index (χ0) is 22.1. The van der Waals surface area contributed by atoms with Crippen LogP contribution in [0.2, 0.25) is 0 Å². The Balaban J connectivity index is 1.94. The van der Waals surface area contributed by atoms with Gasteiger partial charge < -0.3 is 25.3 Å². The molecule has 2 aromatic carbocycles. The second-order valence-electron chi connectivity index (χ2n) is 6.19. The summed E-state index contributed by atoms with van der Waals surface area (Å²) in [6, 6.07) is 11.3. The van der Waals surface area contributed by atoms with Gasteiger partial charge in [-0.2, -0.15) is 0 Å². The molecule has 158 valence electrons. The van der Waals surface area contributed by atoms with Gasteiger partial charge in [-0.3, -0.25) is 9.59 Å². The maximum Gasteiger partial charge on any atom is 0.331 e. The van der Waals surface area contributed by atoms with Crippen molar-refractivity contribution in [2.75, 3.05) is 19.0 Å². The molecular weight excluding hydrogens is 388 g/mol. The fourth-order valence-corrected chi connectivity index (χ4v) is 2.46. The van der Waals surface area contributed by atoms with Crippen LogP contribution < -0.4 is 20.5 Å². The molecular formula is C22H24N2O6. The lowest BCUT2D eigenvalue weighted by Gasteiger charge is -2.12. The number of amides is 2. The number of ether oxygens (including phenoxy) is 3. The third-order valence-corrected chi connectivity index (χ3v) is 4.00. The van der Waals surface area contributed by atoms with Crippen molar-refractivity contribution in [1.82, 2.24) is 0 Å². The molecule has 2 amide bonds. The van der Waals surface area contributed by atoms with Gasteiger partial charge in [-0.05, 0) is 61.9 Å². The number of carbonyl (C=O) groups is 3. The standard InChI is InChI=1S/C22H24N2O6/c1-4-29-19-13-15(5-11-18(19)28-3)6-12-20(25)30-14(2)22(27)24-17-9-7-16(8-10-17)21(23)26/h5-14H,4H2,1-3H3,(H2,23,26)(H,24,27)/b12-6+/t14-/m0/s1. The van der Waals surface area contributed by atoms with Crippen molar-refractivity contribution in [2.24, 2.45) is 5.73 Å². The van der Waals surface area contributed by atoms with Crippen molar-refractivity contribution in [3.63, 3.8) is 0 Å². The van der Waals surface area contributed by atoms with Crippen LogP contribution in [-0.4, -0.2) is 37.6 Å². The minimum Gasteiger partial charge on any atom is -0.493 e. The first-order valence-corrected chi connectivity index (χ1v) is 9.24. The van der Waals surface area contributed by atoms with Gasteiger partial charge in [0.1, 0.15) is 0 Å². The topological polar surface area (TPSA) is 117 Å². The van der Waals surface area contributed by atoms with E-state index in [2.05, 4.69) is 5.32 Å². The van der Waals surface area contributed by atoms with E-state index in [1.807, 2.05) is 6.92 Å². The smallest absolute Gasteiger partial charge is 0.331 e. The van der Waals surface area contributed by atoms with Gasteiger partial charge in [0.15, 0.2) is 17.6 Å². The average Bonchev–Trinajstić information content (AvgIpc) is 2.73. The van der Waals surface area contributed by atoms with Crippen LogP contribution in [0.3, 0.4) is 0 Å². The molecule has 1 atom stereocenters. The maximum atomic E-state index is 12.2. The number of rotatable bonds is 9. The van der Waals surface area contributed by atoms with Gasteiger partial charge in [0.05, 0.1) is 13.7 Å². The van der Waals surface area contributed by atoms with E-state index in [1.165, 1.54) is 37.3 Å². The number of esters is 1. The summed E-state index contributed by atoms with van der Waals surface area (Å²) in [5.74, 6) is -0.592. The molecule has 0 saturated heterocycles. The lowest BCUT2D eigenvalue weighted by Crippen LogP contribution is -2.29. The molecule has 8 heteroatoms. The van der Waals surface area contributed by atoms with E-state index < -0.39 is 23.9 Å². The number of hydrogen-bond acceptors (Lipinski definition) is 6. The molecule has 0 aliphatic rings. The van der Waals surface area contributed by atoms with Crippen LogP contribution in [0, 0.1) is 0 Å². The third kappa shape index (κ3) is 6.37. The van der Waals surface area contributed by atoms with E-state index >= 15 is 0 Å². The maximum absolute atomic E-state index is 12.2. The molecule has 0 aromatic heterocycles. The van der Waals surface area contributed by atoms with Crippen molar-refractivity contribution in [1.29, 1.82) is 0 Å². The van der Waals surface area contributed by atoms with Crippen molar-refractivity contribution >= 4 is 29.5 Å². The Morgan fingerprint density at radius 1 is 1.10 bits per heavy atom. The zero-order valence-corrected chi connectivity index (χ0v) is 17.0. The molecule has 3 N–H and O–H groups in total. The SMILES string of the molecule is CCOc1cc(/C=C/C(=O)O[C@@H](C)C(=O)Nc2ccc(C(N)=O)cc2)ccc1OC. The minimum atomic E-state index is -1.02. The van der Waals surface area contributed by atoms with Crippen molar-refractivity contribution in [3.8, 4) is 11.5 Å². The Hall–Kier alpha value is -3.81. The Labute approximate surface area is 174 Å². The summed E-state index contributed by atoms with van der Waals surface area (Å²) in [6.45, 7) is 3.79. The number of carbonyl (C=O) groups excluding carboxylic acids is 3. The summed E-state index contributed by atoms with van der Waals surface area (Å²) in [7, 11) is 1.54. The molecule has 2 aromatic rings. The predicted molar refractivity (Wildman–Crippen MR) is 112 cm³/mol. The van der Waals surface area contributed by atoms with Gasteiger partial charge in [0.2, 0.25) is 5.91 Å². The Morgan fingerprint density at radius 3 is 2.40 bits per heavy atom. The number of hydrogen-bond donors (Lipinski definition) is 2. The number of benzene rings is 2. The van der Waals surface area contributed by atoms with E-state index in [0.29, 0.717) is 34.9 Å². The molecule has 0 spiro atoms. The van der Waals surface area contributed by atoms with Gasteiger partial charge in [0, 0.05) is 17.3 Å². The minimum absolute atomic E-state index is 0.323. The van der Waals surface area contributed by atoms with Crippen molar-refractivity contribution < 1.29 is 28.6 Å². The highest BCUT2D eigenvalue weighted by molar-refractivity contribution is 5.97. The van der Waals surface area contributed by atoms with Crippen LogP contribution >= 0.6 is 0 Å². The number of primary amides is 1. The first kappa shape index (κ1) is 22.5. The molecule has 0 unspecified atom stereocenters. The normalized spacial score (nSPS) is 11.6. The summed E-state index contributed by atoms with van der Waals surface area (Å²) >= 11 is 0. The Kier molecular flexibility index (Phi) is 7.99. The molecule has 0 saturated carbocycles. The lowest BCUT2D eigenvalue weighted by atomic mass is 10.2. The van der Waals surface area contributed by atoms with Gasteiger partial charge >= 0.3 is 5.97 Å². The zero-order valence-electron chi connectivity index (χ0n) is 17.0. The molecule has 30 heavy (non-hydrogen) atoms. The van der Waals surface area contributed by atoms with E-state index in [9.17, 15) is 14.4 Å². The summed E-state index contributed by atoms with van der Waals surface area (Å²) in [5, 5.41) is 2.60. The molecule has 8 nitrogen and oxygen atoms in total. The molecule has 0 radical (unpaired) electrons. The number of nitrogens with one attached hydrogen (secondary N) is 1. The van der Waals surface area contributed by atoms with Crippen molar-refractivity contribution in [3.05, 3.63) is 59.7 Å². The van der Waals surface area contributed by atoms with E-state index in [-0.39, 0.29) is 0 Å². The van der Waals surface area contributed by atoms with Crippen LogP contribution in [-0.2, 0) is 14.3 Å². The number of methoxy groups -OCH3 is 1. The van der Waals surface area contributed by atoms with E-state index in [0.717, 1.165) is 0 Å². The predicted octanol–water partition coefficient (Wildman–Crippen LogP) is 2.78. The first-order chi connectivity index (χ1) is 14.3. The number of anilines is 1. The molecule has 0 bridgehead atoms. The van der Waals surface area contributed by atoms with Crippen molar-refractivity contribution in [2.45, 2.75) is 20.0 Å². The van der Waals surface area contributed by atoms with Gasteiger partial charge in [-0.1, -0.05) is 6.07 Å². The van der Waals surface area contributed by atoms with Crippen LogP contribution in [0.15, 0.2) is 48.5 Å². The average molecular weight is 412 g/mol. The van der Waals surface area contributed by atoms with Gasteiger partial charge in [0.25, 0.3) is 5.91 Å². The summed E-state index contributed by atoms with van der Waals surface area (Å²) in [6.07, 6.45) is 1.76. The van der Waals surface area contributed by atoms with E-state index in [1.54, 1.807) is 31.4 Å². The van der Waals surface area contributed by atoms with Gasteiger partial charge in [-0.25, -0.2) is 4.79 Å². The second-order valence-corrected chi connectivity index (χ2v) is 6.19. The van der Waals surface area contributed by atoms with Crippen LogP contribution in [0.4, 0.5) is 5.69 Å². The molecule has 0 aliphatic carbocycles. The highest BCUT2D eigenvalue weighted by Gasteiger charge is 2.17. The molecule has 0 heterocycles. The first-order valence-electron chi connectivity index (χ1n) is 9.24. The second kappa shape index (κ2) is 10.7. The van der Waals surface area contributed by atoms with Gasteiger partial charge in [-0.15, -0.1) is 0 Å². The quantitative estimate of drug-likeness (QED) is 0.483. The summed E-state index contributed by atoms with van der Waals surface area (Å²) < 4.78 is 15.8. The van der Waals surface area contributed by atoms with Crippen LogP contribution in [0.1, 0.15) is 29.8 Å². The lowest BCUT2D eigenvalue weighted by molar-refractivity contribution is -0.148. The van der Waals surface area contributed by atoms with Crippen LogP contribution in [0.25, 0.3) is 6.08 Å². The fourth-order valence-electron chi connectivity index (χ4n) is 2.46. The third-order valence-electron chi connectivity index (χ3n) is 4.00. The molecule has 0 aliphatic heterocycles. The monoisotopic (exact) mass is 412 g/mol. The largest absolute Gasteiger partial charge is 0.493 e. The summed E-state index contributed by atoms with van der Waals surface area (Å²) in [5.41, 5.74) is 6.66. The Morgan fingerprint density at radius 2 is 1.80 bits per heavy atom. The highest BCUT2D eigenvalue weighted by Crippen LogP contribution is 2.28. The Bertz CT molecular complexity index is 937. The fraction of sp³-hybridized carbons (Fsp3) is 0.227. The van der Waals surface area contributed by atoms with Crippen LogP contribution in [0.5, 0.6) is 11.5 Å². The number of nitrogens with two attached hydrogens (primary N) is 1. The molecule has 2 rings (SSSR count). The van der Waals surface area contributed by atoms with E-state index in [4.69, 9.17) is 19.9 Å². The highest BCUT2D eigenvalue weighted by atomic mass is 16.5. The molecule has 0 fully saturated rings.